The zero-order valence-electron chi connectivity index (χ0n) is 10.8. The zero-order valence-corrected chi connectivity index (χ0v) is 10.8. The second-order valence-electron chi connectivity index (χ2n) is 3.86. The van der Waals surface area contributed by atoms with Gasteiger partial charge in [-0.1, -0.05) is 30.3 Å². The summed E-state index contributed by atoms with van der Waals surface area (Å²) >= 11 is 0. The Hall–Kier alpha value is -2.21. The van der Waals surface area contributed by atoms with Crippen LogP contribution in [0.25, 0.3) is 0 Å². The molecule has 2 aromatic rings. The highest BCUT2D eigenvalue weighted by molar-refractivity contribution is 5.18. The van der Waals surface area contributed by atoms with Gasteiger partial charge in [0, 0.05) is 6.42 Å². The number of rotatable bonds is 5. The van der Waals surface area contributed by atoms with Crippen LogP contribution in [0, 0.1) is 0 Å². The summed E-state index contributed by atoms with van der Waals surface area (Å²) in [6.45, 7) is 0. The van der Waals surface area contributed by atoms with Crippen molar-refractivity contribution in [3.8, 4) is 12.0 Å². The Labute approximate surface area is 111 Å². The highest BCUT2D eigenvalue weighted by Crippen LogP contribution is 2.18. The Bertz CT molecular complexity index is 512. The summed E-state index contributed by atoms with van der Waals surface area (Å²) in [5.41, 5.74) is 0.806. The maximum absolute atomic E-state index is 10.1. The van der Waals surface area contributed by atoms with E-state index in [-0.39, 0.29) is 18.4 Å². The van der Waals surface area contributed by atoms with E-state index in [4.69, 9.17) is 9.47 Å². The first kappa shape index (κ1) is 13.2. The first-order valence-corrected chi connectivity index (χ1v) is 5.79. The minimum atomic E-state index is -0.682. The molecule has 0 fully saturated rings. The van der Waals surface area contributed by atoms with Crippen molar-refractivity contribution < 1.29 is 14.6 Å². The number of benzene rings is 1. The van der Waals surface area contributed by atoms with Crippen LogP contribution in [-0.2, 0) is 6.42 Å². The number of ether oxygens (including phenoxy) is 2. The molecule has 0 saturated heterocycles. The van der Waals surface area contributed by atoms with Crippen LogP contribution in [-0.4, -0.2) is 34.3 Å². The van der Waals surface area contributed by atoms with Crippen LogP contribution >= 0.6 is 0 Å². The van der Waals surface area contributed by atoms with Crippen molar-refractivity contribution in [3.63, 3.8) is 0 Å². The van der Waals surface area contributed by atoms with E-state index in [0.717, 1.165) is 5.56 Å². The molecule has 0 saturated carbocycles. The monoisotopic (exact) mass is 261 g/mol. The molecule has 1 aromatic heterocycles. The number of aliphatic hydroxyl groups excluding tert-OH is 1. The minimum absolute atomic E-state index is 0.169. The van der Waals surface area contributed by atoms with Gasteiger partial charge in [-0.3, -0.25) is 0 Å². The number of methoxy groups -OCH3 is 2. The number of aromatic nitrogens is 3. The molecule has 0 aliphatic carbocycles. The number of aliphatic hydroxyl groups is 1. The Kier molecular flexibility index (Phi) is 4.25. The predicted octanol–water partition coefficient (Wildman–Crippen LogP) is 1.16. The molecular weight excluding hydrogens is 246 g/mol. The van der Waals surface area contributed by atoms with E-state index >= 15 is 0 Å². The lowest BCUT2D eigenvalue weighted by Crippen LogP contribution is -2.08. The Balaban J connectivity index is 2.18. The molecule has 1 heterocycles. The molecule has 19 heavy (non-hydrogen) atoms. The van der Waals surface area contributed by atoms with Gasteiger partial charge in [0.15, 0.2) is 0 Å². The normalized spacial score (nSPS) is 11.9. The zero-order chi connectivity index (χ0) is 13.7. The van der Waals surface area contributed by atoms with Gasteiger partial charge in [-0.15, -0.1) is 4.98 Å². The van der Waals surface area contributed by atoms with Crippen molar-refractivity contribution in [3.05, 3.63) is 41.7 Å². The molecule has 1 unspecified atom stereocenters. The second kappa shape index (κ2) is 6.10. The van der Waals surface area contributed by atoms with E-state index in [9.17, 15) is 5.11 Å². The molecule has 2 rings (SSSR count). The van der Waals surface area contributed by atoms with Gasteiger partial charge < -0.3 is 14.6 Å². The van der Waals surface area contributed by atoms with Gasteiger partial charge in [0.2, 0.25) is 0 Å². The summed E-state index contributed by atoms with van der Waals surface area (Å²) < 4.78 is 9.92. The maximum Gasteiger partial charge on any atom is 0.322 e. The first-order valence-electron chi connectivity index (χ1n) is 5.79. The molecule has 1 aromatic carbocycles. The van der Waals surface area contributed by atoms with Crippen LogP contribution in [0.3, 0.4) is 0 Å². The molecular formula is C13H15N3O3. The standard InChI is InChI=1S/C13H15N3O3/c1-18-12-14-11(15-13(16-12)19-2)8-10(17)9-6-4-3-5-7-9/h3-7,10,17H,8H2,1-2H3. The molecule has 100 valence electrons. The van der Waals surface area contributed by atoms with Gasteiger partial charge in [-0.2, -0.15) is 9.97 Å². The largest absolute Gasteiger partial charge is 0.467 e. The maximum atomic E-state index is 10.1. The molecule has 0 radical (unpaired) electrons. The van der Waals surface area contributed by atoms with Gasteiger partial charge in [-0.25, -0.2) is 0 Å². The average molecular weight is 261 g/mol. The topological polar surface area (TPSA) is 77.4 Å². The lowest BCUT2D eigenvalue weighted by molar-refractivity contribution is 0.174. The van der Waals surface area contributed by atoms with Crippen LogP contribution < -0.4 is 9.47 Å². The van der Waals surface area contributed by atoms with E-state index in [2.05, 4.69) is 15.0 Å². The molecule has 0 spiro atoms. The fraction of sp³-hybridized carbons (Fsp3) is 0.308. The van der Waals surface area contributed by atoms with Crippen molar-refractivity contribution in [1.82, 2.24) is 15.0 Å². The smallest absolute Gasteiger partial charge is 0.322 e. The second-order valence-corrected chi connectivity index (χ2v) is 3.86. The quantitative estimate of drug-likeness (QED) is 0.870. The highest BCUT2D eigenvalue weighted by Gasteiger charge is 2.13. The number of hydrogen-bond donors (Lipinski definition) is 1. The van der Waals surface area contributed by atoms with Gasteiger partial charge in [-0.05, 0) is 5.56 Å². The molecule has 1 N–H and O–H groups in total. The van der Waals surface area contributed by atoms with Crippen molar-refractivity contribution in [2.24, 2.45) is 0 Å². The molecule has 6 nitrogen and oxygen atoms in total. The van der Waals surface area contributed by atoms with Gasteiger partial charge in [0.1, 0.15) is 5.82 Å². The van der Waals surface area contributed by atoms with Crippen LogP contribution in [0.2, 0.25) is 0 Å². The van der Waals surface area contributed by atoms with Crippen molar-refractivity contribution >= 4 is 0 Å². The van der Waals surface area contributed by atoms with E-state index < -0.39 is 6.10 Å². The fourth-order valence-corrected chi connectivity index (χ4v) is 1.62. The van der Waals surface area contributed by atoms with Crippen molar-refractivity contribution in [2.45, 2.75) is 12.5 Å². The summed E-state index contributed by atoms with van der Waals surface area (Å²) in [7, 11) is 2.93. The lowest BCUT2D eigenvalue weighted by atomic mass is 10.1. The summed E-state index contributed by atoms with van der Waals surface area (Å²) in [6.07, 6.45) is -0.419. The molecule has 0 aliphatic rings. The van der Waals surface area contributed by atoms with Crippen molar-refractivity contribution in [2.75, 3.05) is 14.2 Å². The number of nitrogens with zero attached hydrogens (tertiary/aromatic N) is 3. The highest BCUT2D eigenvalue weighted by atomic mass is 16.5. The Morgan fingerprint density at radius 2 is 1.58 bits per heavy atom. The van der Waals surface area contributed by atoms with Crippen LogP contribution in [0.1, 0.15) is 17.5 Å². The summed E-state index contributed by atoms with van der Waals surface area (Å²) in [6, 6.07) is 9.66. The van der Waals surface area contributed by atoms with Crippen LogP contribution in [0.4, 0.5) is 0 Å². The lowest BCUT2D eigenvalue weighted by Gasteiger charge is -2.10. The predicted molar refractivity (Wildman–Crippen MR) is 68.0 cm³/mol. The Morgan fingerprint density at radius 3 is 2.11 bits per heavy atom. The molecule has 0 aliphatic heterocycles. The van der Waals surface area contributed by atoms with Crippen LogP contribution in [0.15, 0.2) is 30.3 Å². The van der Waals surface area contributed by atoms with Gasteiger partial charge in [0.25, 0.3) is 0 Å². The van der Waals surface area contributed by atoms with E-state index in [1.165, 1.54) is 14.2 Å². The number of hydrogen-bond acceptors (Lipinski definition) is 6. The summed E-state index contributed by atoms with van der Waals surface area (Å²) in [4.78, 5) is 12.1. The third-order valence-corrected chi connectivity index (χ3v) is 2.57. The van der Waals surface area contributed by atoms with E-state index in [1.54, 1.807) is 0 Å². The third-order valence-electron chi connectivity index (χ3n) is 2.57. The molecule has 0 amide bonds. The van der Waals surface area contributed by atoms with E-state index in [0.29, 0.717) is 5.82 Å². The van der Waals surface area contributed by atoms with Crippen LogP contribution in [0.5, 0.6) is 12.0 Å². The van der Waals surface area contributed by atoms with Gasteiger partial charge in [0.05, 0.1) is 20.3 Å². The SMILES string of the molecule is COc1nc(CC(O)c2ccccc2)nc(OC)n1. The van der Waals surface area contributed by atoms with E-state index in [1.807, 2.05) is 30.3 Å². The average Bonchev–Trinajstić information content (AvgIpc) is 2.47. The molecule has 0 bridgehead atoms. The van der Waals surface area contributed by atoms with Gasteiger partial charge >= 0.3 is 12.0 Å². The minimum Gasteiger partial charge on any atom is -0.467 e. The van der Waals surface area contributed by atoms with Crippen molar-refractivity contribution in [1.29, 1.82) is 0 Å². The molecule has 1 atom stereocenters. The molecule has 6 heteroatoms. The third kappa shape index (κ3) is 3.38. The first-order chi connectivity index (χ1) is 9.22. The Morgan fingerprint density at radius 1 is 1.00 bits per heavy atom. The summed E-state index contributed by atoms with van der Waals surface area (Å²) in [5.74, 6) is 0.417. The fourth-order valence-electron chi connectivity index (χ4n) is 1.62. The summed E-state index contributed by atoms with van der Waals surface area (Å²) in [5, 5.41) is 10.1.